The number of nitrogens with zero attached hydrogens (tertiary/aromatic N) is 1. The monoisotopic (exact) mass is 366 g/mol. The van der Waals surface area contributed by atoms with Crippen LogP contribution >= 0.6 is 27.3 Å². The molecule has 4 nitrogen and oxygen atoms in total. The maximum Gasteiger partial charge on any atom is 0.416 e. The molecule has 2 rings (SSSR count). The van der Waals surface area contributed by atoms with E-state index in [4.69, 9.17) is 5.84 Å². The molecule has 0 saturated carbocycles. The number of nitrogens with two attached hydrogens (primary N) is 1. The number of halogens is 4. The number of thiophene rings is 1. The Morgan fingerprint density at radius 1 is 1.25 bits per heavy atom. The standard InChI is InChI=1S/C11H10BrF3N4S/c12-8-2-1-7(20-8)5-17-9-3-6(11(13,14)15)4-10(18-9)19-16/h1-4H,5,16H2,(H2,17,18,19). The van der Waals surface area contributed by atoms with Crippen molar-refractivity contribution < 1.29 is 13.2 Å². The highest BCUT2D eigenvalue weighted by molar-refractivity contribution is 9.11. The smallest absolute Gasteiger partial charge is 0.365 e. The Bertz CT molecular complexity index is 600. The fourth-order valence-electron chi connectivity index (χ4n) is 1.48. The summed E-state index contributed by atoms with van der Waals surface area (Å²) in [6.45, 7) is 0.384. The summed E-state index contributed by atoms with van der Waals surface area (Å²) in [5.41, 5.74) is 1.32. The minimum atomic E-state index is -4.45. The topological polar surface area (TPSA) is 63.0 Å². The van der Waals surface area contributed by atoms with Crippen molar-refractivity contribution in [3.63, 3.8) is 0 Å². The van der Waals surface area contributed by atoms with Gasteiger partial charge in [0.2, 0.25) is 0 Å². The first kappa shape index (κ1) is 15.1. The highest BCUT2D eigenvalue weighted by Crippen LogP contribution is 2.32. The fourth-order valence-corrected chi connectivity index (χ4v) is 2.91. The zero-order valence-electron chi connectivity index (χ0n) is 9.96. The van der Waals surface area contributed by atoms with E-state index in [1.54, 1.807) is 0 Å². The van der Waals surface area contributed by atoms with E-state index in [0.29, 0.717) is 6.54 Å². The van der Waals surface area contributed by atoms with Crippen molar-refractivity contribution in [1.82, 2.24) is 4.98 Å². The van der Waals surface area contributed by atoms with Crippen LogP contribution < -0.4 is 16.6 Å². The molecule has 0 aliphatic carbocycles. The molecule has 0 bridgehead atoms. The Balaban J connectivity index is 2.18. The van der Waals surface area contributed by atoms with Gasteiger partial charge < -0.3 is 10.7 Å². The molecule has 2 heterocycles. The van der Waals surface area contributed by atoms with Crippen LogP contribution in [0.1, 0.15) is 10.4 Å². The van der Waals surface area contributed by atoms with Crippen molar-refractivity contribution >= 4 is 38.9 Å². The van der Waals surface area contributed by atoms with Crippen molar-refractivity contribution in [3.05, 3.63) is 38.5 Å². The van der Waals surface area contributed by atoms with Gasteiger partial charge in [0.15, 0.2) is 0 Å². The molecule has 108 valence electrons. The number of hydrazine groups is 1. The quantitative estimate of drug-likeness (QED) is 0.568. The minimum Gasteiger partial charge on any atom is -0.365 e. The van der Waals surface area contributed by atoms with Gasteiger partial charge in [-0.1, -0.05) is 0 Å². The molecule has 0 amide bonds. The molecule has 0 fully saturated rings. The van der Waals surface area contributed by atoms with Gasteiger partial charge in [-0.05, 0) is 40.2 Å². The summed E-state index contributed by atoms with van der Waals surface area (Å²) in [5.74, 6) is 5.19. The van der Waals surface area contributed by atoms with Gasteiger partial charge >= 0.3 is 6.18 Å². The Morgan fingerprint density at radius 2 is 1.95 bits per heavy atom. The number of anilines is 2. The number of nitrogen functional groups attached to an aromatic ring is 1. The van der Waals surface area contributed by atoms with E-state index >= 15 is 0 Å². The predicted octanol–water partition coefficient (Wildman–Crippen LogP) is 3.82. The van der Waals surface area contributed by atoms with Crippen LogP contribution in [0.5, 0.6) is 0 Å². The van der Waals surface area contributed by atoms with E-state index in [1.807, 2.05) is 12.1 Å². The van der Waals surface area contributed by atoms with Crippen LogP contribution in [0.4, 0.5) is 24.8 Å². The molecule has 4 N–H and O–H groups in total. The van der Waals surface area contributed by atoms with Crippen molar-refractivity contribution in [2.24, 2.45) is 5.84 Å². The average Bonchev–Trinajstić information content (AvgIpc) is 2.81. The third-order valence-corrected chi connectivity index (χ3v) is 4.00. The predicted molar refractivity (Wildman–Crippen MR) is 76.4 cm³/mol. The molecule has 0 radical (unpaired) electrons. The molecule has 20 heavy (non-hydrogen) atoms. The van der Waals surface area contributed by atoms with Crippen molar-refractivity contribution in [2.75, 3.05) is 10.7 Å². The third kappa shape index (κ3) is 3.84. The number of hydrogen-bond acceptors (Lipinski definition) is 5. The normalized spacial score (nSPS) is 11.4. The Morgan fingerprint density at radius 3 is 2.50 bits per heavy atom. The van der Waals surface area contributed by atoms with Crippen LogP contribution in [-0.2, 0) is 12.7 Å². The van der Waals surface area contributed by atoms with E-state index in [2.05, 4.69) is 31.7 Å². The van der Waals surface area contributed by atoms with Crippen LogP contribution in [0.3, 0.4) is 0 Å². The first-order chi connectivity index (χ1) is 9.38. The molecule has 9 heteroatoms. The van der Waals surface area contributed by atoms with Crippen LogP contribution in [0.2, 0.25) is 0 Å². The summed E-state index contributed by atoms with van der Waals surface area (Å²) in [5, 5.41) is 2.84. The van der Waals surface area contributed by atoms with Gasteiger partial charge in [-0.25, -0.2) is 10.8 Å². The number of aromatic nitrogens is 1. The number of rotatable bonds is 4. The lowest BCUT2D eigenvalue weighted by Crippen LogP contribution is -2.13. The Labute approximate surface area is 125 Å². The zero-order chi connectivity index (χ0) is 14.8. The first-order valence-corrected chi connectivity index (χ1v) is 7.03. The van der Waals surface area contributed by atoms with Gasteiger partial charge in [0, 0.05) is 4.88 Å². The fraction of sp³-hybridized carbons (Fsp3) is 0.182. The lowest BCUT2D eigenvalue weighted by atomic mass is 10.2. The number of alkyl halides is 3. The molecule has 0 unspecified atom stereocenters. The number of nitrogens with one attached hydrogen (secondary N) is 2. The zero-order valence-corrected chi connectivity index (χ0v) is 12.4. The summed E-state index contributed by atoms with van der Waals surface area (Å²) in [4.78, 5) is 4.90. The molecule has 0 spiro atoms. The van der Waals surface area contributed by atoms with Gasteiger partial charge in [0.25, 0.3) is 0 Å². The third-order valence-electron chi connectivity index (χ3n) is 2.37. The summed E-state index contributed by atoms with van der Waals surface area (Å²) in [6.07, 6.45) is -4.45. The molecule has 0 aliphatic heterocycles. The molecule has 2 aromatic heterocycles. The maximum absolute atomic E-state index is 12.7. The van der Waals surface area contributed by atoms with E-state index in [0.717, 1.165) is 20.8 Å². The number of pyridine rings is 1. The maximum atomic E-state index is 12.7. The lowest BCUT2D eigenvalue weighted by Gasteiger charge is -2.12. The second-order valence-corrected chi connectivity index (χ2v) is 6.38. The molecule has 0 atom stereocenters. The Hall–Kier alpha value is -1.32. The highest BCUT2D eigenvalue weighted by atomic mass is 79.9. The van der Waals surface area contributed by atoms with E-state index in [-0.39, 0.29) is 11.6 Å². The van der Waals surface area contributed by atoms with Gasteiger partial charge in [0.05, 0.1) is 15.9 Å². The van der Waals surface area contributed by atoms with E-state index < -0.39 is 11.7 Å². The van der Waals surface area contributed by atoms with Crippen molar-refractivity contribution in [3.8, 4) is 0 Å². The molecular formula is C11H10BrF3N4S. The van der Waals surface area contributed by atoms with E-state index in [1.165, 1.54) is 11.3 Å². The second-order valence-electron chi connectivity index (χ2n) is 3.83. The average molecular weight is 367 g/mol. The van der Waals surface area contributed by atoms with E-state index in [9.17, 15) is 13.2 Å². The summed E-state index contributed by atoms with van der Waals surface area (Å²) >= 11 is 4.81. The largest absolute Gasteiger partial charge is 0.416 e. The van der Waals surface area contributed by atoms with Crippen LogP contribution in [0, 0.1) is 0 Å². The highest BCUT2D eigenvalue weighted by Gasteiger charge is 2.31. The van der Waals surface area contributed by atoms with Gasteiger partial charge in [-0.15, -0.1) is 11.3 Å². The van der Waals surface area contributed by atoms with Gasteiger partial charge in [0.1, 0.15) is 11.6 Å². The minimum absolute atomic E-state index is 0.0466. The summed E-state index contributed by atoms with van der Waals surface area (Å²) in [7, 11) is 0. The van der Waals surface area contributed by atoms with Crippen molar-refractivity contribution in [2.45, 2.75) is 12.7 Å². The summed E-state index contributed by atoms with van der Waals surface area (Å²) in [6, 6.07) is 5.54. The van der Waals surface area contributed by atoms with Crippen LogP contribution in [-0.4, -0.2) is 4.98 Å². The van der Waals surface area contributed by atoms with Crippen molar-refractivity contribution in [1.29, 1.82) is 0 Å². The lowest BCUT2D eigenvalue weighted by molar-refractivity contribution is -0.137. The molecule has 0 aliphatic rings. The van der Waals surface area contributed by atoms with Crippen LogP contribution in [0.15, 0.2) is 28.1 Å². The molecule has 2 aromatic rings. The first-order valence-electron chi connectivity index (χ1n) is 5.42. The second kappa shape index (κ2) is 5.98. The summed E-state index contributed by atoms with van der Waals surface area (Å²) < 4.78 is 39.1. The molecular weight excluding hydrogens is 357 g/mol. The van der Waals surface area contributed by atoms with Gasteiger partial charge in [-0.2, -0.15) is 13.2 Å². The van der Waals surface area contributed by atoms with Crippen LogP contribution in [0.25, 0.3) is 0 Å². The number of hydrogen-bond donors (Lipinski definition) is 3. The van der Waals surface area contributed by atoms with Gasteiger partial charge in [-0.3, -0.25) is 0 Å². The SMILES string of the molecule is NNc1cc(C(F)(F)F)cc(NCc2ccc(Br)s2)n1. The Kier molecular flexibility index (Phi) is 4.51. The molecule has 0 aromatic carbocycles. The molecule has 0 saturated heterocycles.